The summed E-state index contributed by atoms with van der Waals surface area (Å²) in [6.07, 6.45) is 7.15. The first kappa shape index (κ1) is 13.0. The van der Waals surface area contributed by atoms with Crippen LogP contribution in [0.5, 0.6) is 0 Å². The zero-order chi connectivity index (χ0) is 12.8. The van der Waals surface area contributed by atoms with E-state index in [-0.39, 0.29) is 5.91 Å². The molecule has 1 saturated heterocycles. The van der Waals surface area contributed by atoms with Crippen LogP contribution in [0, 0.1) is 0 Å². The Morgan fingerprint density at radius 1 is 1.56 bits per heavy atom. The molecule has 1 unspecified atom stereocenters. The second-order valence-electron chi connectivity index (χ2n) is 4.88. The van der Waals surface area contributed by atoms with Crippen molar-refractivity contribution >= 4 is 5.91 Å². The molecule has 1 aliphatic rings. The van der Waals surface area contributed by atoms with Crippen molar-refractivity contribution in [1.82, 2.24) is 15.2 Å². The third-order valence-corrected chi connectivity index (χ3v) is 3.55. The number of pyridine rings is 1. The molecule has 1 N–H and O–H groups in total. The minimum absolute atomic E-state index is 0.0345. The van der Waals surface area contributed by atoms with Crippen LogP contribution in [0.25, 0.3) is 0 Å². The Bertz CT molecular complexity index is 380. The van der Waals surface area contributed by atoms with Gasteiger partial charge >= 0.3 is 0 Å². The number of carbonyl (C=O) groups excluding carboxylic acids is 1. The standard InChI is InChI=1S/C14H21N3O/c1-12-5-2-3-9-17(12)10-8-16-14(18)13-6-4-7-15-11-13/h4,6-7,11-12H,2-3,5,8-10H2,1H3,(H,16,18). The second kappa shape index (κ2) is 6.50. The predicted molar refractivity (Wildman–Crippen MR) is 71.5 cm³/mol. The zero-order valence-corrected chi connectivity index (χ0v) is 10.9. The van der Waals surface area contributed by atoms with E-state index in [0.29, 0.717) is 18.2 Å². The molecule has 1 atom stereocenters. The van der Waals surface area contributed by atoms with Crippen LogP contribution in [0.2, 0.25) is 0 Å². The lowest BCUT2D eigenvalue weighted by Gasteiger charge is -2.33. The molecule has 1 aromatic heterocycles. The molecule has 0 radical (unpaired) electrons. The number of hydrogen-bond donors (Lipinski definition) is 1. The molecular weight excluding hydrogens is 226 g/mol. The van der Waals surface area contributed by atoms with Crippen LogP contribution in [-0.2, 0) is 0 Å². The first-order chi connectivity index (χ1) is 8.77. The van der Waals surface area contributed by atoms with Crippen molar-refractivity contribution in [2.75, 3.05) is 19.6 Å². The summed E-state index contributed by atoms with van der Waals surface area (Å²) in [4.78, 5) is 18.2. The Hall–Kier alpha value is -1.42. The van der Waals surface area contributed by atoms with E-state index in [4.69, 9.17) is 0 Å². The van der Waals surface area contributed by atoms with Crippen LogP contribution >= 0.6 is 0 Å². The second-order valence-corrected chi connectivity index (χ2v) is 4.88. The highest BCUT2D eigenvalue weighted by Crippen LogP contribution is 2.15. The van der Waals surface area contributed by atoms with Crippen LogP contribution in [0.3, 0.4) is 0 Å². The summed E-state index contributed by atoms with van der Waals surface area (Å²) in [6, 6.07) is 4.21. The van der Waals surface area contributed by atoms with E-state index >= 15 is 0 Å². The fourth-order valence-corrected chi connectivity index (χ4v) is 2.40. The summed E-state index contributed by atoms with van der Waals surface area (Å²) in [5.41, 5.74) is 0.629. The van der Waals surface area contributed by atoms with E-state index in [1.165, 1.54) is 19.3 Å². The molecular formula is C14H21N3O. The number of piperidine rings is 1. The van der Waals surface area contributed by atoms with E-state index in [9.17, 15) is 4.79 Å². The van der Waals surface area contributed by atoms with Gasteiger partial charge in [-0.1, -0.05) is 6.42 Å². The monoisotopic (exact) mass is 247 g/mol. The predicted octanol–water partition coefficient (Wildman–Crippen LogP) is 1.69. The number of amides is 1. The van der Waals surface area contributed by atoms with Crippen LogP contribution in [-0.4, -0.2) is 41.5 Å². The lowest BCUT2D eigenvalue weighted by molar-refractivity contribution is 0.0938. The quantitative estimate of drug-likeness (QED) is 0.880. The van der Waals surface area contributed by atoms with Crippen molar-refractivity contribution in [3.63, 3.8) is 0 Å². The number of hydrogen-bond acceptors (Lipinski definition) is 3. The number of nitrogens with zero attached hydrogens (tertiary/aromatic N) is 2. The van der Waals surface area contributed by atoms with E-state index in [2.05, 4.69) is 22.1 Å². The van der Waals surface area contributed by atoms with Gasteiger partial charge in [0.05, 0.1) is 5.56 Å². The van der Waals surface area contributed by atoms with Gasteiger partial charge in [0.15, 0.2) is 0 Å². The van der Waals surface area contributed by atoms with Crippen molar-refractivity contribution in [3.8, 4) is 0 Å². The molecule has 4 heteroatoms. The van der Waals surface area contributed by atoms with Crippen molar-refractivity contribution in [3.05, 3.63) is 30.1 Å². The Morgan fingerprint density at radius 3 is 3.17 bits per heavy atom. The van der Waals surface area contributed by atoms with Gasteiger partial charge < -0.3 is 5.32 Å². The third-order valence-electron chi connectivity index (χ3n) is 3.55. The SMILES string of the molecule is CC1CCCCN1CCNC(=O)c1cccnc1. The van der Waals surface area contributed by atoms with Crippen molar-refractivity contribution in [2.45, 2.75) is 32.2 Å². The van der Waals surface area contributed by atoms with Crippen molar-refractivity contribution in [2.24, 2.45) is 0 Å². The van der Waals surface area contributed by atoms with E-state index in [0.717, 1.165) is 13.1 Å². The number of nitrogens with one attached hydrogen (secondary N) is 1. The van der Waals surface area contributed by atoms with Gasteiger partial charge in [-0.3, -0.25) is 14.7 Å². The van der Waals surface area contributed by atoms with Crippen molar-refractivity contribution < 1.29 is 4.79 Å². The Balaban J connectivity index is 1.73. The normalized spacial score (nSPS) is 20.6. The van der Waals surface area contributed by atoms with Gasteiger partial charge in [0.2, 0.25) is 0 Å². The summed E-state index contributed by atoms with van der Waals surface area (Å²) in [5, 5.41) is 2.95. The highest BCUT2D eigenvalue weighted by Gasteiger charge is 2.17. The molecule has 18 heavy (non-hydrogen) atoms. The Morgan fingerprint density at radius 2 is 2.44 bits per heavy atom. The average Bonchev–Trinajstić information content (AvgIpc) is 2.42. The lowest BCUT2D eigenvalue weighted by Crippen LogP contribution is -2.42. The Labute approximate surface area is 108 Å². The summed E-state index contributed by atoms with van der Waals surface area (Å²) in [6.45, 7) is 5.07. The molecule has 2 heterocycles. The van der Waals surface area contributed by atoms with E-state index in [1.807, 2.05) is 0 Å². The minimum Gasteiger partial charge on any atom is -0.351 e. The fourth-order valence-electron chi connectivity index (χ4n) is 2.40. The molecule has 98 valence electrons. The summed E-state index contributed by atoms with van der Waals surface area (Å²) in [5.74, 6) is -0.0345. The fraction of sp³-hybridized carbons (Fsp3) is 0.571. The molecule has 1 aromatic rings. The molecule has 4 nitrogen and oxygen atoms in total. The van der Waals surface area contributed by atoms with Crippen LogP contribution in [0.1, 0.15) is 36.5 Å². The molecule has 0 aliphatic carbocycles. The topological polar surface area (TPSA) is 45.2 Å². The van der Waals surface area contributed by atoms with Crippen molar-refractivity contribution in [1.29, 1.82) is 0 Å². The highest BCUT2D eigenvalue weighted by atomic mass is 16.1. The molecule has 2 rings (SSSR count). The number of carbonyl (C=O) groups is 1. The molecule has 1 aliphatic heterocycles. The maximum atomic E-state index is 11.8. The summed E-state index contributed by atoms with van der Waals surface area (Å²) < 4.78 is 0. The first-order valence-electron chi connectivity index (χ1n) is 6.69. The van der Waals surface area contributed by atoms with Gasteiger partial charge in [-0.15, -0.1) is 0 Å². The largest absolute Gasteiger partial charge is 0.351 e. The molecule has 0 saturated carbocycles. The van der Waals surface area contributed by atoms with Gasteiger partial charge in [-0.2, -0.15) is 0 Å². The number of rotatable bonds is 4. The van der Waals surface area contributed by atoms with Crippen LogP contribution < -0.4 is 5.32 Å². The third kappa shape index (κ3) is 3.53. The van der Waals surface area contributed by atoms with Crippen LogP contribution in [0.15, 0.2) is 24.5 Å². The molecule has 0 aromatic carbocycles. The molecule has 1 amide bonds. The number of likely N-dealkylation sites (tertiary alicyclic amines) is 1. The van der Waals surface area contributed by atoms with E-state index in [1.54, 1.807) is 24.5 Å². The highest BCUT2D eigenvalue weighted by molar-refractivity contribution is 5.93. The molecule has 1 fully saturated rings. The molecule has 0 bridgehead atoms. The van der Waals surface area contributed by atoms with Crippen LogP contribution in [0.4, 0.5) is 0 Å². The van der Waals surface area contributed by atoms with Gasteiger partial charge in [-0.25, -0.2) is 0 Å². The minimum atomic E-state index is -0.0345. The van der Waals surface area contributed by atoms with Gasteiger partial charge in [-0.05, 0) is 38.4 Å². The lowest BCUT2D eigenvalue weighted by atomic mass is 10.0. The van der Waals surface area contributed by atoms with Gasteiger partial charge in [0.25, 0.3) is 5.91 Å². The van der Waals surface area contributed by atoms with Gasteiger partial charge in [0.1, 0.15) is 0 Å². The number of aromatic nitrogens is 1. The zero-order valence-electron chi connectivity index (χ0n) is 10.9. The average molecular weight is 247 g/mol. The molecule has 0 spiro atoms. The van der Waals surface area contributed by atoms with E-state index < -0.39 is 0 Å². The summed E-state index contributed by atoms with van der Waals surface area (Å²) >= 11 is 0. The van der Waals surface area contributed by atoms with Gasteiger partial charge in [0, 0.05) is 31.5 Å². The Kier molecular flexibility index (Phi) is 4.70. The maximum Gasteiger partial charge on any atom is 0.252 e. The summed E-state index contributed by atoms with van der Waals surface area (Å²) in [7, 11) is 0. The maximum absolute atomic E-state index is 11.8. The first-order valence-corrected chi connectivity index (χ1v) is 6.69. The smallest absolute Gasteiger partial charge is 0.252 e.